The molecule has 0 aromatic heterocycles. The third-order valence-corrected chi connectivity index (χ3v) is 6.70. The number of rotatable bonds is 1. The van der Waals surface area contributed by atoms with E-state index in [9.17, 15) is 39.9 Å². The lowest BCUT2D eigenvalue weighted by atomic mass is 9.56. The van der Waals surface area contributed by atoms with Crippen molar-refractivity contribution in [2.24, 2.45) is 17.6 Å². The highest BCUT2D eigenvalue weighted by Crippen LogP contribution is 2.54. The number of carbonyl (C=O) groups excluding carboxylic acids is 3. The second-order valence-corrected chi connectivity index (χ2v) is 8.18. The van der Waals surface area contributed by atoms with Crippen molar-refractivity contribution in [2.75, 3.05) is 0 Å². The fourth-order valence-corrected chi connectivity index (χ4v) is 5.10. The number of aliphatic hydroxyl groups is 4. The molecule has 9 heteroatoms. The number of aromatic hydroxyl groups is 1. The van der Waals surface area contributed by atoms with Crippen molar-refractivity contribution < 1.29 is 39.9 Å². The number of Topliss-reactive ketones (excluding diaryl/α,β-unsaturated/α-hetero) is 2. The first kappa shape index (κ1) is 20.1. The molecule has 7 N–H and O–H groups in total. The van der Waals surface area contributed by atoms with E-state index in [0.29, 0.717) is 11.1 Å². The van der Waals surface area contributed by atoms with E-state index >= 15 is 0 Å². The van der Waals surface area contributed by atoms with Crippen molar-refractivity contribution in [3.8, 4) is 5.75 Å². The molecular weight excluding hydrogens is 394 g/mol. The van der Waals surface area contributed by atoms with Gasteiger partial charge in [-0.25, -0.2) is 0 Å². The molecule has 3 aliphatic rings. The van der Waals surface area contributed by atoms with Crippen LogP contribution in [0.5, 0.6) is 5.75 Å². The minimum absolute atomic E-state index is 0.0775. The fourth-order valence-electron chi connectivity index (χ4n) is 5.10. The number of hydrogen-bond acceptors (Lipinski definition) is 8. The molecule has 0 aliphatic heterocycles. The van der Waals surface area contributed by atoms with Crippen LogP contribution in [0, 0.1) is 18.8 Å². The number of carbonyl (C=O) groups is 3. The van der Waals surface area contributed by atoms with Crippen LogP contribution in [0.2, 0.25) is 0 Å². The standard InChI is InChI=1S/C21H21NO8/c1-6-3-4-8-7(2)11-14(17(26)12(8)15(6)24)19(28)21(30)9(16(11)25)5-10(23)13(18(21)27)20(22)29/h3-4,7,9,11,16,23-25,28,30H,5H2,1-2H3,(H2,22,29)/t7-,9+,11+,16+,21+/m0/s1. The van der Waals surface area contributed by atoms with E-state index in [0.717, 1.165) is 0 Å². The van der Waals surface area contributed by atoms with Gasteiger partial charge < -0.3 is 31.3 Å². The van der Waals surface area contributed by atoms with Gasteiger partial charge in [-0.3, -0.25) is 14.4 Å². The Morgan fingerprint density at radius 2 is 1.83 bits per heavy atom. The first-order valence-electron chi connectivity index (χ1n) is 9.42. The summed E-state index contributed by atoms with van der Waals surface area (Å²) in [5.41, 5.74) is 1.83. The van der Waals surface area contributed by atoms with E-state index in [-0.39, 0.29) is 11.3 Å². The van der Waals surface area contributed by atoms with E-state index in [2.05, 4.69) is 0 Å². The number of fused-ring (bicyclic) bond motifs is 3. The summed E-state index contributed by atoms with van der Waals surface area (Å²) in [5, 5.41) is 53.8. The molecule has 1 aromatic rings. The van der Waals surface area contributed by atoms with Crippen molar-refractivity contribution >= 4 is 17.5 Å². The van der Waals surface area contributed by atoms with Crippen molar-refractivity contribution in [3.05, 3.63) is 51.5 Å². The zero-order chi connectivity index (χ0) is 22.3. The van der Waals surface area contributed by atoms with Gasteiger partial charge in [0.1, 0.15) is 22.8 Å². The molecule has 0 bridgehead atoms. The maximum Gasteiger partial charge on any atom is 0.255 e. The molecule has 1 amide bonds. The molecule has 0 saturated carbocycles. The number of aryl methyl sites for hydroxylation is 1. The van der Waals surface area contributed by atoms with Crippen LogP contribution in [0.3, 0.4) is 0 Å². The van der Waals surface area contributed by atoms with Crippen LogP contribution in [0.15, 0.2) is 34.8 Å². The summed E-state index contributed by atoms with van der Waals surface area (Å²) < 4.78 is 0. The van der Waals surface area contributed by atoms with Crippen LogP contribution >= 0.6 is 0 Å². The molecule has 9 nitrogen and oxygen atoms in total. The molecule has 0 radical (unpaired) electrons. The lowest BCUT2D eigenvalue weighted by molar-refractivity contribution is -0.154. The zero-order valence-electron chi connectivity index (χ0n) is 16.2. The van der Waals surface area contributed by atoms with Gasteiger partial charge in [-0.15, -0.1) is 0 Å². The Bertz CT molecular complexity index is 1100. The Balaban J connectivity index is 2.01. The van der Waals surface area contributed by atoms with Gasteiger partial charge in [0.05, 0.1) is 11.7 Å². The third kappa shape index (κ3) is 2.21. The van der Waals surface area contributed by atoms with E-state index in [1.165, 1.54) is 0 Å². The molecule has 0 heterocycles. The lowest BCUT2D eigenvalue weighted by Gasteiger charge is -2.50. The van der Waals surface area contributed by atoms with Crippen LogP contribution in [0.4, 0.5) is 0 Å². The van der Waals surface area contributed by atoms with Crippen molar-refractivity contribution in [2.45, 2.75) is 37.9 Å². The Morgan fingerprint density at radius 1 is 1.20 bits per heavy atom. The average molecular weight is 415 g/mol. The molecule has 3 aliphatic carbocycles. The fraction of sp³-hybridized carbons (Fsp3) is 0.381. The molecule has 1 aromatic carbocycles. The molecule has 0 fully saturated rings. The number of nitrogens with two attached hydrogens (primary N) is 1. The summed E-state index contributed by atoms with van der Waals surface area (Å²) >= 11 is 0. The monoisotopic (exact) mass is 415 g/mol. The summed E-state index contributed by atoms with van der Waals surface area (Å²) in [5.74, 6) is -8.48. The summed E-state index contributed by atoms with van der Waals surface area (Å²) in [6.45, 7) is 3.27. The quantitative estimate of drug-likeness (QED) is 0.357. The summed E-state index contributed by atoms with van der Waals surface area (Å²) in [6.07, 6.45) is -2.01. The maximum atomic E-state index is 13.3. The topological polar surface area (TPSA) is 178 Å². The average Bonchev–Trinajstić information content (AvgIpc) is 2.67. The first-order valence-corrected chi connectivity index (χ1v) is 9.42. The number of hydrogen-bond donors (Lipinski definition) is 6. The molecule has 0 spiro atoms. The molecule has 0 unspecified atom stereocenters. The Kier molecular flexibility index (Phi) is 4.13. The zero-order valence-corrected chi connectivity index (χ0v) is 16.2. The Morgan fingerprint density at radius 3 is 2.43 bits per heavy atom. The number of ketones is 2. The van der Waals surface area contributed by atoms with Gasteiger partial charge in [0.25, 0.3) is 5.91 Å². The highest BCUT2D eigenvalue weighted by atomic mass is 16.4. The molecule has 4 rings (SSSR count). The van der Waals surface area contributed by atoms with Crippen LogP contribution in [-0.4, -0.2) is 54.7 Å². The molecule has 5 atom stereocenters. The maximum absolute atomic E-state index is 13.3. The van der Waals surface area contributed by atoms with Crippen molar-refractivity contribution in [1.29, 1.82) is 0 Å². The predicted octanol–water partition coefficient (Wildman–Crippen LogP) is 0.421. The number of amides is 1. The van der Waals surface area contributed by atoms with Gasteiger partial charge in [-0.2, -0.15) is 0 Å². The number of primary amides is 1. The van der Waals surface area contributed by atoms with Gasteiger partial charge in [-0.1, -0.05) is 19.1 Å². The predicted molar refractivity (Wildman–Crippen MR) is 102 cm³/mol. The van der Waals surface area contributed by atoms with E-state index < -0.39 is 76.0 Å². The SMILES string of the molecule is Cc1ccc2c(c1O)C(=O)C1=C(O)[C@]3(O)C(=O)C(C(N)=O)=C(O)C[C@@H]3[C@@H](O)[C@@H]1[C@H]2C. The van der Waals surface area contributed by atoms with E-state index in [1.54, 1.807) is 26.0 Å². The summed E-state index contributed by atoms with van der Waals surface area (Å²) in [7, 11) is 0. The number of phenols is 1. The van der Waals surface area contributed by atoms with Gasteiger partial charge in [0.15, 0.2) is 11.4 Å². The normalized spacial score (nSPS) is 33.2. The highest BCUT2D eigenvalue weighted by Gasteiger charge is 2.64. The summed E-state index contributed by atoms with van der Waals surface area (Å²) in [6, 6.07) is 3.26. The van der Waals surface area contributed by atoms with E-state index in [4.69, 9.17) is 5.73 Å². The number of phenolic OH excluding ortho intramolecular Hbond substituents is 1. The second kappa shape index (κ2) is 6.16. The lowest BCUT2D eigenvalue weighted by Crippen LogP contribution is -2.62. The van der Waals surface area contributed by atoms with Crippen molar-refractivity contribution in [1.82, 2.24) is 0 Å². The molecule has 30 heavy (non-hydrogen) atoms. The minimum atomic E-state index is -2.81. The largest absolute Gasteiger partial charge is 0.511 e. The minimum Gasteiger partial charge on any atom is -0.511 e. The van der Waals surface area contributed by atoms with Crippen LogP contribution in [0.1, 0.15) is 40.7 Å². The summed E-state index contributed by atoms with van der Waals surface area (Å²) in [4.78, 5) is 37.8. The molecule has 0 saturated heterocycles. The van der Waals surface area contributed by atoms with Crippen molar-refractivity contribution in [3.63, 3.8) is 0 Å². The van der Waals surface area contributed by atoms with Crippen LogP contribution in [0.25, 0.3) is 0 Å². The smallest absolute Gasteiger partial charge is 0.255 e. The van der Waals surface area contributed by atoms with Crippen LogP contribution < -0.4 is 5.73 Å². The van der Waals surface area contributed by atoms with Gasteiger partial charge >= 0.3 is 0 Å². The Labute approximate surface area is 170 Å². The molecule has 158 valence electrons. The number of benzene rings is 1. The van der Waals surface area contributed by atoms with E-state index in [1.807, 2.05) is 0 Å². The van der Waals surface area contributed by atoms with Crippen LogP contribution in [-0.2, 0) is 9.59 Å². The molecular formula is C21H21NO8. The van der Waals surface area contributed by atoms with Gasteiger partial charge in [0, 0.05) is 23.8 Å². The number of aliphatic hydroxyl groups excluding tert-OH is 3. The first-order chi connectivity index (χ1) is 13.9. The number of allylic oxidation sites excluding steroid dienone is 1. The second-order valence-electron chi connectivity index (χ2n) is 8.18. The van der Waals surface area contributed by atoms with Gasteiger partial charge in [-0.05, 0) is 24.0 Å². The Hall–Kier alpha value is -3.17. The van der Waals surface area contributed by atoms with Gasteiger partial charge in [0.2, 0.25) is 5.78 Å². The third-order valence-electron chi connectivity index (χ3n) is 6.70. The highest BCUT2D eigenvalue weighted by molar-refractivity contribution is 6.24.